The van der Waals surface area contributed by atoms with Gasteiger partial charge >= 0.3 is 25.7 Å². The van der Waals surface area contributed by atoms with Gasteiger partial charge in [-0.15, -0.1) is 0 Å². The summed E-state index contributed by atoms with van der Waals surface area (Å²) in [6.07, 6.45) is 13.9. The van der Waals surface area contributed by atoms with E-state index in [1.807, 2.05) is 0 Å². The number of esters is 2. The van der Waals surface area contributed by atoms with Crippen LogP contribution in [0.3, 0.4) is 0 Å². The molecule has 0 aromatic rings. The molecule has 38 heavy (non-hydrogen) atoms. The van der Waals surface area contributed by atoms with Gasteiger partial charge in [0.1, 0.15) is 12.6 Å². The SMILES string of the molecule is CCCCCCCCCCCC(=O)OC(COC(=O)CCCCCCC)COP(=O)(O)OCC(N)C(=O)O. The van der Waals surface area contributed by atoms with Gasteiger partial charge in [-0.25, -0.2) is 4.57 Å². The standard InChI is InChI=1S/C26H50NO10P/c1-3-5-7-9-10-11-12-14-16-18-25(29)37-22(19-34-24(28)17-15-13-8-6-4-2)20-35-38(32,33)36-21-23(27)26(30)31/h22-23H,3-21,27H2,1-2H3,(H,30,31)(H,32,33). The van der Waals surface area contributed by atoms with Crippen molar-refractivity contribution in [2.75, 3.05) is 19.8 Å². The van der Waals surface area contributed by atoms with E-state index in [0.717, 1.165) is 44.9 Å². The van der Waals surface area contributed by atoms with Gasteiger partial charge in [-0.1, -0.05) is 90.9 Å². The first-order chi connectivity index (χ1) is 18.1. The first kappa shape index (κ1) is 36.5. The third kappa shape index (κ3) is 22.5. The van der Waals surface area contributed by atoms with Crippen molar-refractivity contribution in [2.45, 2.75) is 129 Å². The van der Waals surface area contributed by atoms with Crippen LogP contribution in [0.4, 0.5) is 0 Å². The lowest BCUT2D eigenvalue weighted by atomic mass is 10.1. The molecule has 12 heteroatoms. The predicted molar refractivity (Wildman–Crippen MR) is 143 cm³/mol. The second kappa shape index (κ2) is 23.4. The quantitative estimate of drug-likeness (QED) is 0.0706. The lowest BCUT2D eigenvalue weighted by molar-refractivity contribution is -0.161. The van der Waals surface area contributed by atoms with Crippen LogP contribution >= 0.6 is 7.82 Å². The Bertz CT molecular complexity index is 691. The van der Waals surface area contributed by atoms with Crippen molar-refractivity contribution >= 4 is 25.7 Å². The van der Waals surface area contributed by atoms with Crippen LogP contribution in [-0.4, -0.2) is 59.9 Å². The molecule has 3 atom stereocenters. The van der Waals surface area contributed by atoms with Crippen molar-refractivity contribution in [2.24, 2.45) is 5.73 Å². The second-order valence-corrected chi connectivity index (χ2v) is 11.0. The molecule has 0 aliphatic rings. The van der Waals surface area contributed by atoms with Gasteiger partial charge in [-0.2, -0.15) is 0 Å². The predicted octanol–water partition coefficient (Wildman–Crippen LogP) is 5.27. The molecule has 0 spiro atoms. The fraction of sp³-hybridized carbons (Fsp3) is 0.885. The Balaban J connectivity index is 4.58. The molecule has 0 radical (unpaired) electrons. The van der Waals surface area contributed by atoms with Crippen molar-refractivity contribution in [1.29, 1.82) is 0 Å². The summed E-state index contributed by atoms with van der Waals surface area (Å²) >= 11 is 0. The van der Waals surface area contributed by atoms with E-state index >= 15 is 0 Å². The van der Waals surface area contributed by atoms with E-state index in [-0.39, 0.29) is 19.4 Å². The van der Waals surface area contributed by atoms with Crippen LogP contribution in [0.1, 0.15) is 117 Å². The van der Waals surface area contributed by atoms with E-state index in [1.54, 1.807) is 0 Å². The summed E-state index contributed by atoms with van der Waals surface area (Å²) in [6, 6.07) is -1.51. The molecule has 0 heterocycles. The highest BCUT2D eigenvalue weighted by Crippen LogP contribution is 2.43. The minimum absolute atomic E-state index is 0.165. The van der Waals surface area contributed by atoms with Gasteiger partial charge in [0.15, 0.2) is 6.10 Å². The highest BCUT2D eigenvalue weighted by Gasteiger charge is 2.28. The van der Waals surface area contributed by atoms with Gasteiger partial charge in [0, 0.05) is 12.8 Å². The lowest BCUT2D eigenvalue weighted by Gasteiger charge is -2.20. The maximum atomic E-state index is 12.3. The van der Waals surface area contributed by atoms with E-state index in [9.17, 15) is 23.8 Å². The van der Waals surface area contributed by atoms with Crippen LogP contribution in [0.25, 0.3) is 0 Å². The molecule has 0 aromatic heterocycles. The summed E-state index contributed by atoms with van der Waals surface area (Å²) in [7, 11) is -4.68. The number of hydrogen-bond acceptors (Lipinski definition) is 9. The molecule has 4 N–H and O–H groups in total. The summed E-state index contributed by atoms with van der Waals surface area (Å²) in [5.74, 6) is -2.40. The first-order valence-corrected chi connectivity index (χ1v) is 15.6. The van der Waals surface area contributed by atoms with E-state index in [0.29, 0.717) is 12.8 Å². The minimum Gasteiger partial charge on any atom is -0.480 e. The molecule has 0 aliphatic heterocycles. The summed E-state index contributed by atoms with van der Waals surface area (Å²) < 4.78 is 32.0. The van der Waals surface area contributed by atoms with Crippen molar-refractivity contribution in [3.05, 3.63) is 0 Å². The molecular formula is C26H50NO10P. The average molecular weight is 568 g/mol. The van der Waals surface area contributed by atoms with Crippen LogP contribution in [0, 0.1) is 0 Å². The third-order valence-corrected chi connectivity index (χ3v) is 6.81. The van der Waals surface area contributed by atoms with E-state index in [1.165, 1.54) is 32.1 Å². The molecule has 0 saturated carbocycles. The smallest absolute Gasteiger partial charge is 0.472 e. The molecule has 224 valence electrons. The van der Waals surface area contributed by atoms with Gasteiger partial charge < -0.3 is 25.2 Å². The van der Waals surface area contributed by atoms with Crippen LogP contribution < -0.4 is 5.73 Å². The number of unbranched alkanes of at least 4 members (excludes halogenated alkanes) is 12. The zero-order valence-corrected chi connectivity index (χ0v) is 24.2. The molecule has 11 nitrogen and oxygen atoms in total. The van der Waals surface area contributed by atoms with Crippen LogP contribution in [0.15, 0.2) is 0 Å². The van der Waals surface area contributed by atoms with Gasteiger partial charge in [0.25, 0.3) is 0 Å². The number of carbonyl (C=O) groups excluding carboxylic acids is 2. The number of phosphoric acid groups is 1. The number of rotatable bonds is 26. The van der Waals surface area contributed by atoms with Crippen molar-refractivity contribution in [3.63, 3.8) is 0 Å². The van der Waals surface area contributed by atoms with E-state index < -0.39 is 51.1 Å². The molecule has 0 rings (SSSR count). The Morgan fingerprint density at radius 3 is 1.66 bits per heavy atom. The monoisotopic (exact) mass is 567 g/mol. The number of nitrogens with two attached hydrogens (primary N) is 1. The number of hydrogen-bond donors (Lipinski definition) is 3. The maximum absolute atomic E-state index is 12.3. The van der Waals surface area contributed by atoms with Crippen molar-refractivity contribution < 1.29 is 47.5 Å². The number of carbonyl (C=O) groups is 3. The Hall–Kier alpha value is -1.52. The molecule has 0 fully saturated rings. The summed E-state index contributed by atoms with van der Waals surface area (Å²) in [5, 5.41) is 8.76. The molecule has 0 saturated heterocycles. The maximum Gasteiger partial charge on any atom is 0.472 e. The van der Waals surface area contributed by atoms with Gasteiger partial charge in [-0.05, 0) is 12.8 Å². The average Bonchev–Trinajstić information content (AvgIpc) is 2.87. The van der Waals surface area contributed by atoms with Crippen LogP contribution in [-0.2, 0) is 37.5 Å². The molecule has 0 aliphatic carbocycles. The zero-order valence-electron chi connectivity index (χ0n) is 23.3. The van der Waals surface area contributed by atoms with Crippen molar-refractivity contribution in [3.8, 4) is 0 Å². The summed E-state index contributed by atoms with van der Waals surface area (Å²) in [5.41, 5.74) is 5.26. The first-order valence-electron chi connectivity index (χ1n) is 14.1. The number of aliphatic carboxylic acids is 1. The fourth-order valence-corrected chi connectivity index (χ4v) is 4.31. The number of carboxylic acids is 1. The molecule has 0 bridgehead atoms. The fourth-order valence-electron chi connectivity index (χ4n) is 3.53. The Labute approximate surface area is 227 Å². The molecule has 0 amide bonds. The lowest BCUT2D eigenvalue weighted by Crippen LogP contribution is -2.34. The molecular weight excluding hydrogens is 517 g/mol. The highest BCUT2D eigenvalue weighted by atomic mass is 31.2. The van der Waals surface area contributed by atoms with E-state index in [2.05, 4.69) is 18.4 Å². The van der Waals surface area contributed by atoms with Crippen LogP contribution in [0.5, 0.6) is 0 Å². The number of phosphoric ester groups is 1. The van der Waals surface area contributed by atoms with Gasteiger partial charge in [0.05, 0.1) is 13.2 Å². The Kier molecular flexibility index (Phi) is 22.4. The molecule has 0 aromatic carbocycles. The van der Waals surface area contributed by atoms with Crippen LogP contribution in [0.2, 0.25) is 0 Å². The largest absolute Gasteiger partial charge is 0.480 e. The summed E-state index contributed by atoms with van der Waals surface area (Å²) in [4.78, 5) is 44.9. The number of ether oxygens (including phenoxy) is 2. The highest BCUT2D eigenvalue weighted by molar-refractivity contribution is 7.47. The Morgan fingerprint density at radius 1 is 0.711 bits per heavy atom. The van der Waals surface area contributed by atoms with Crippen molar-refractivity contribution in [1.82, 2.24) is 0 Å². The third-order valence-electron chi connectivity index (χ3n) is 5.86. The summed E-state index contributed by atoms with van der Waals surface area (Å²) in [6.45, 7) is 2.61. The van der Waals surface area contributed by atoms with E-state index in [4.69, 9.17) is 24.8 Å². The van der Waals surface area contributed by atoms with Gasteiger partial charge in [0.2, 0.25) is 0 Å². The zero-order chi connectivity index (χ0) is 28.7. The topological polar surface area (TPSA) is 172 Å². The molecule has 3 unspecified atom stereocenters. The normalized spacial score (nSPS) is 14.4. The Morgan fingerprint density at radius 2 is 1.16 bits per heavy atom. The second-order valence-electron chi connectivity index (χ2n) is 9.54. The minimum atomic E-state index is -4.68. The number of carboxylic acid groups (broad SMARTS) is 1. The van der Waals surface area contributed by atoms with Gasteiger partial charge in [-0.3, -0.25) is 23.4 Å².